The molecular formula is C22H31F4N3O2. The van der Waals surface area contributed by atoms with Crippen LogP contribution in [0.2, 0.25) is 0 Å². The van der Waals surface area contributed by atoms with Gasteiger partial charge in [0.1, 0.15) is 6.61 Å². The average Bonchev–Trinajstić information content (AvgIpc) is 2.73. The molecule has 1 N–H and O–H groups in total. The van der Waals surface area contributed by atoms with Crippen molar-refractivity contribution < 1.29 is 27.1 Å². The summed E-state index contributed by atoms with van der Waals surface area (Å²) in [7, 11) is 1.51. The van der Waals surface area contributed by atoms with E-state index in [1.54, 1.807) is 4.90 Å². The molecule has 1 heterocycles. The SMILES string of the molecule is COCC(=O)N[C@H]1CC[C@H](CCN2CCN(c3cccc(C(F)(F)F)c3F)CC2)CC1. The summed E-state index contributed by atoms with van der Waals surface area (Å²) in [6.07, 6.45) is 0.482. The number of carbonyl (C=O) groups is 1. The van der Waals surface area contributed by atoms with Crippen molar-refractivity contribution in [2.24, 2.45) is 5.92 Å². The highest BCUT2D eigenvalue weighted by Crippen LogP contribution is 2.35. The molecule has 1 aromatic rings. The second-order valence-electron chi connectivity index (χ2n) is 8.47. The van der Waals surface area contributed by atoms with Gasteiger partial charge in [0.2, 0.25) is 5.91 Å². The second kappa shape index (κ2) is 10.6. The van der Waals surface area contributed by atoms with Gasteiger partial charge < -0.3 is 15.0 Å². The van der Waals surface area contributed by atoms with E-state index >= 15 is 0 Å². The number of anilines is 1. The zero-order valence-electron chi connectivity index (χ0n) is 17.9. The monoisotopic (exact) mass is 445 g/mol. The van der Waals surface area contributed by atoms with Crippen LogP contribution in [-0.4, -0.2) is 63.3 Å². The van der Waals surface area contributed by atoms with Gasteiger partial charge in [0.05, 0.1) is 11.3 Å². The summed E-state index contributed by atoms with van der Waals surface area (Å²) in [6.45, 7) is 3.46. The largest absolute Gasteiger partial charge is 0.419 e. The summed E-state index contributed by atoms with van der Waals surface area (Å²) in [4.78, 5) is 15.6. The van der Waals surface area contributed by atoms with Crippen LogP contribution in [0.5, 0.6) is 0 Å². The zero-order chi connectivity index (χ0) is 22.4. The van der Waals surface area contributed by atoms with Crippen LogP contribution in [0.4, 0.5) is 23.2 Å². The third kappa shape index (κ3) is 6.55. The molecule has 1 aliphatic heterocycles. The van der Waals surface area contributed by atoms with E-state index in [0.717, 1.165) is 44.7 Å². The van der Waals surface area contributed by atoms with Crippen LogP contribution in [0.1, 0.15) is 37.7 Å². The number of benzene rings is 1. The van der Waals surface area contributed by atoms with Crippen LogP contribution in [0.15, 0.2) is 18.2 Å². The highest BCUT2D eigenvalue weighted by Gasteiger charge is 2.36. The van der Waals surface area contributed by atoms with E-state index in [2.05, 4.69) is 10.2 Å². The number of carbonyl (C=O) groups excluding carboxylic acids is 1. The van der Waals surface area contributed by atoms with Crippen LogP contribution in [0.3, 0.4) is 0 Å². The van der Waals surface area contributed by atoms with Gasteiger partial charge in [-0.2, -0.15) is 13.2 Å². The van der Waals surface area contributed by atoms with E-state index in [9.17, 15) is 22.4 Å². The van der Waals surface area contributed by atoms with E-state index in [-0.39, 0.29) is 24.2 Å². The van der Waals surface area contributed by atoms with E-state index in [1.807, 2.05) is 0 Å². The molecule has 2 aliphatic rings. The molecule has 0 spiro atoms. The Morgan fingerprint density at radius 2 is 1.81 bits per heavy atom. The lowest BCUT2D eigenvalue weighted by Gasteiger charge is -2.37. The van der Waals surface area contributed by atoms with Crippen LogP contribution >= 0.6 is 0 Å². The van der Waals surface area contributed by atoms with Crippen LogP contribution in [-0.2, 0) is 15.7 Å². The first-order chi connectivity index (χ1) is 14.8. The maximum atomic E-state index is 14.4. The fourth-order valence-corrected chi connectivity index (χ4v) is 4.56. The first-order valence-corrected chi connectivity index (χ1v) is 10.9. The lowest BCUT2D eigenvalue weighted by molar-refractivity contribution is -0.140. The van der Waals surface area contributed by atoms with Crippen LogP contribution in [0.25, 0.3) is 0 Å². The summed E-state index contributed by atoms with van der Waals surface area (Å²) in [6, 6.07) is 3.70. The molecule has 0 aromatic heterocycles. The molecule has 0 unspecified atom stereocenters. The van der Waals surface area contributed by atoms with Crippen molar-refractivity contribution in [1.82, 2.24) is 10.2 Å². The zero-order valence-corrected chi connectivity index (χ0v) is 17.9. The summed E-state index contributed by atoms with van der Waals surface area (Å²) in [5.41, 5.74) is -1.18. The number of piperazine rings is 1. The van der Waals surface area contributed by atoms with Crippen LogP contribution in [0, 0.1) is 11.7 Å². The summed E-state index contributed by atoms with van der Waals surface area (Å²) in [5.74, 6) is -0.631. The average molecular weight is 446 g/mol. The van der Waals surface area contributed by atoms with Crippen molar-refractivity contribution in [3.05, 3.63) is 29.6 Å². The second-order valence-corrected chi connectivity index (χ2v) is 8.47. The van der Waals surface area contributed by atoms with Gasteiger partial charge in [0, 0.05) is 39.3 Å². The molecule has 1 aromatic carbocycles. The fraction of sp³-hybridized carbons (Fsp3) is 0.682. The van der Waals surface area contributed by atoms with Gasteiger partial charge in [0.15, 0.2) is 5.82 Å². The van der Waals surface area contributed by atoms with Crippen molar-refractivity contribution >= 4 is 11.6 Å². The number of hydrogen-bond donors (Lipinski definition) is 1. The number of alkyl halides is 3. The maximum Gasteiger partial charge on any atom is 0.419 e. The molecule has 1 amide bonds. The highest BCUT2D eigenvalue weighted by molar-refractivity contribution is 5.77. The lowest BCUT2D eigenvalue weighted by atomic mass is 9.84. The van der Waals surface area contributed by atoms with E-state index in [1.165, 1.54) is 19.2 Å². The van der Waals surface area contributed by atoms with Crippen molar-refractivity contribution in [3.8, 4) is 0 Å². The standard InChI is InChI=1S/C22H31F4N3O2/c1-31-15-20(30)27-17-7-5-16(6-8-17)9-10-28-11-13-29(14-12-28)19-4-2-3-18(21(19)23)22(24,25)26/h2-4,16-17H,5-15H2,1H3,(H,27,30)/t16-,17-. The predicted octanol–water partition coefficient (Wildman–Crippen LogP) is 3.68. The smallest absolute Gasteiger partial charge is 0.375 e. The first-order valence-electron chi connectivity index (χ1n) is 10.9. The van der Waals surface area contributed by atoms with Crippen molar-refractivity contribution in [2.45, 2.75) is 44.3 Å². The molecular weight excluding hydrogens is 414 g/mol. The summed E-state index contributed by atoms with van der Waals surface area (Å²) < 4.78 is 58.1. The molecule has 0 atom stereocenters. The number of ether oxygens (including phenoxy) is 1. The Balaban J connectivity index is 1.40. The quantitative estimate of drug-likeness (QED) is 0.651. The Hall–Kier alpha value is -1.87. The fourth-order valence-electron chi connectivity index (χ4n) is 4.56. The van der Waals surface area contributed by atoms with Crippen LogP contribution < -0.4 is 10.2 Å². The number of hydrogen-bond acceptors (Lipinski definition) is 4. The van der Waals surface area contributed by atoms with Gasteiger partial charge in [-0.1, -0.05) is 6.07 Å². The van der Waals surface area contributed by atoms with Gasteiger partial charge in [-0.25, -0.2) is 4.39 Å². The van der Waals surface area contributed by atoms with E-state index < -0.39 is 17.6 Å². The Morgan fingerprint density at radius 3 is 2.42 bits per heavy atom. The van der Waals surface area contributed by atoms with Gasteiger partial charge in [-0.3, -0.25) is 9.69 Å². The number of methoxy groups -OCH3 is 1. The number of rotatable bonds is 7. The van der Waals surface area contributed by atoms with E-state index in [4.69, 9.17) is 4.74 Å². The molecule has 1 aliphatic carbocycles. The van der Waals surface area contributed by atoms with Crippen molar-refractivity contribution in [1.29, 1.82) is 0 Å². The minimum absolute atomic E-state index is 0.0308. The van der Waals surface area contributed by atoms with Crippen molar-refractivity contribution in [2.75, 3.05) is 51.3 Å². The minimum Gasteiger partial charge on any atom is -0.375 e. The van der Waals surface area contributed by atoms with Gasteiger partial charge in [-0.15, -0.1) is 0 Å². The third-order valence-electron chi connectivity index (χ3n) is 6.34. The van der Waals surface area contributed by atoms with Gasteiger partial charge >= 0.3 is 6.18 Å². The predicted molar refractivity (Wildman–Crippen MR) is 110 cm³/mol. The Morgan fingerprint density at radius 1 is 1.13 bits per heavy atom. The van der Waals surface area contributed by atoms with Gasteiger partial charge in [-0.05, 0) is 56.7 Å². The minimum atomic E-state index is -4.69. The summed E-state index contributed by atoms with van der Waals surface area (Å²) >= 11 is 0. The molecule has 1 saturated carbocycles. The summed E-state index contributed by atoms with van der Waals surface area (Å²) in [5, 5.41) is 3.00. The lowest BCUT2D eigenvalue weighted by Crippen LogP contribution is -2.47. The highest BCUT2D eigenvalue weighted by atomic mass is 19.4. The molecule has 9 heteroatoms. The molecule has 0 radical (unpaired) electrons. The molecule has 5 nitrogen and oxygen atoms in total. The molecule has 31 heavy (non-hydrogen) atoms. The Kier molecular flexibility index (Phi) is 8.16. The molecule has 2 fully saturated rings. The first kappa shape index (κ1) is 23.8. The topological polar surface area (TPSA) is 44.8 Å². The number of nitrogens with zero attached hydrogens (tertiary/aromatic N) is 2. The molecule has 1 saturated heterocycles. The normalized spacial score (nSPS) is 23.1. The molecule has 0 bridgehead atoms. The maximum absolute atomic E-state index is 14.4. The van der Waals surface area contributed by atoms with Gasteiger partial charge in [0.25, 0.3) is 0 Å². The third-order valence-corrected chi connectivity index (χ3v) is 6.34. The Bertz CT molecular complexity index is 728. The number of amides is 1. The number of nitrogens with one attached hydrogen (secondary N) is 1. The van der Waals surface area contributed by atoms with E-state index in [0.29, 0.717) is 32.1 Å². The van der Waals surface area contributed by atoms with Crippen molar-refractivity contribution in [3.63, 3.8) is 0 Å². The molecule has 174 valence electrons. The molecule has 3 rings (SSSR count). The Labute approximate surface area is 180 Å². The number of halogens is 4.